The summed E-state index contributed by atoms with van der Waals surface area (Å²) in [6, 6.07) is 3.12. The van der Waals surface area contributed by atoms with Crippen LogP contribution < -0.4 is 5.32 Å². The summed E-state index contributed by atoms with van der Waals surface area (Å²) in [4.78, 5) is 28.2. The number of carbonyl (C=O) groups is 2. The summed E-state index contributed by atoms with van der Waals surface area (Å²) in [5, 5.41) is 11.9. The number of pyridine rings is 1. The molecule has 1 atom stereocenters. The molecule has 2 heterocycles. The highest BCUT2D eigenvalue weighted by atomic mass is 16.2. The van der Waals surface area contributed by atoms with E-state index in [-0.39, 0.29) is 18.2 Å². The summed E-state index contributed by atoms with van der Waals surface area (Å²) < 4.78 is 0. The number of amides is 2. The minimum Gasteiger partial charge on any atom is -0.357 e. The number of rotatable bonds is 2. The number of carbonyl (C=O) groups excluding carboxylic acids is 2. The largest absolute Gasteiger partial charge is 0.357 e. The van der Waals surface area contributed by atoms with Gasteiger partial charge in [0.15, 0.2) is 0 Å². The highest BCUT2D eigenvalue weighted by Crippen LogP contribution is 2.20. The lowest BCUT2D eigenvalue weighted by atomic mass is 10.1. The summed E-state index contributed by atoms with van der Waals surface area (Å²) in [5.41, 5.74) is 1.17. The van der Waals surface area contributed by atoms with Crippen molar-refractivity contribution in [3.63, 3.8) is 0 Å². The lowest BCUT2D eigenvalue weighted by molar-refractivity contribution is -0.136. The highest BCUT2D eigenvalue weighted by Gasteiger charge is 2.36. The smallest absolute Gasteiger partial charge is 0.251 e. The molecule has 92 valence electrons. The van der Waals surface area contributed by atoms with E-state index < -0.39 is 6.04 Å². The van der Waals surface area contributed by atoms with Crippen LogP contribution in [0.4, 0.5) is 5.82 Å². The number of likely N-dealkylation sites (N-methyl/N-ethyl adjacent to an activating group) is 1. The molecule has 2 rings (SSSR count). The first kappa shape index (κ1) is 12.0. The van der Waals surface area contributed by atoms with Gasteiger partial charge < -0.3 is 5.32 Å². The van der Waals surface area contributed by atoms with Crippen LogP contribution in [-0.4, -0.2) is 34.8 Å². The van der Waals surface area contributed by atoms with Crippen molar-refractivity contribution in [1.29, 1.82) is 5.26 Å². The number of nitrogens with zero attached hydrogens (tertiary/aromatic N) is 3. The van der Waals surface area contributed by atoms with Crippen LogP contribution >= 0.6 is 0 Å². The topological polar surface area (TPSA) is 86.1 Å². The van der Waals surface area contributed by atoms with Crippen LogP contribution in [0.1, 0.15) is 17.5 Å². The highest BCUT2D eigenvalue weighted by molar-refractivity contribution is 6.06. The summed E-state index contributed by atoms with van der Waals surface area (Å²) in [5.74, 6) is -0.185. The maximum absolute atomic E-state index is 11.7. The summed E-state index contributed by atoms with van der Waals surface area (Å²) >= 11 is 0. The third-order valence-electron chi connectivity index (χ3n) is 2.96. The van der Waals surface area contributed by atoms with Crippen molar-refractivity contribution in [2.45, 2.75) is 19.4 Å². The minimum absolute atomic E-state index is 0.0931. The molecule has 0 aromatic carbocycles. The fraction of sp³-hybridized carbons (Fsp3) is 0.333. The van der Waals surface area contributed by atoms with Gasteiger partial charge in [-0.05, 0) is 18.6 Å². The molecule has 1 aliphatic rings. The summed E-state index contributed by atoms with van der Waals surface area (Å²) in [6.45, 7) is 1.79. The second kappa shape index (κ2) is 4.45. The Balaban J connectivity index is 2.26. The van der Waals surface area contributed by atoms with Crippen molar-refractivity contribution in [3.8, 4) is 6.07 Å². The number of likely N-dealkylation sites (tertiary alicyclic amines) is 1. The van der Waals surface area contributed by atoms with Crippen LogP contribution in [0.2, 0.25) is 0 Å². The Kier molecular flexibility index (Phi) is 2.98. The van der Waals surface area contributed by atoms with E-state index in [1.54, 1.807) is 19.2 Å². The van der Waals surface area contributed by atoms with Gasteiger partial charge >= 0.3 is 0 Å². The number of hydrogen-bond acceptors (Lipinski definition) is 5. The normalized spacial score (nSPS) is 18.9. The van der Waals surface area contributed by atoms with Gasteiger partial charge in [-0.1, -0.05) is 0 Å². The van der Waals surface area contributed by atoms with Crippen molar-refractivity contribution in [1.82, 2.24) is 9.88 Å². The molecule has 0 bridgehead atoms. The van der Waals surface area contributed by atoms with E-state index in [4.69, 9.17) is 5.26 Å². The molecule has 1 fully saturated rings. The molecule has 0 saturated carbocycles. The number of aromatic nitrogens is 1. The first-order valence-corrected chi connectivity index (χ1v) is 5.47. The zero-order chi connectivity index (χ0) is 13.3. The van der Waals surface area contributed by atoms with Crippen molar-refractivity contribution >= 4 is 17.6 Å². The van der Waals surface area contributed by atoms with Crippen molar-refractivity contribution < 1.29 is 9.59 Å². The number of nitrogens with one attached hydrogen (secondary N) is 1. The Morgan fingerprint density at radius 2 is 2.28 bits per heavy atom. The van der Waals surface area contributed by atoms with Gasteiger partial charge in [0.2, 0.25) is 5.91 Å². The average molecular weight is 244 g/mol. The standard InChI is InChI=1S/C12H12N4O2/c1-7-3-4-14-11(8(7)6-13)15-9-5-10(17)16(2)12(9)18/h3-4,9H,5H2,1-2H3,(H,14,15). The van der Waals surface area contributed by atoms with Gasteiger partial charge in [0.25, 0.3) is 5.91 Å². The van der Waals surface area contributed by atoms with Crippen LogP contribution in [0.25, 0.3) is 0 Å². The second-order valence-corrected chi connectivity index (χ2v) is 4.16. The molecule has 1 aliphatic heterocycles. The molecular formula is C12H12N4O2. The Labute approximate surface area is 104 Å². The van der Waals surface area contributed by atoms with Gasteiger partial charge in [-0.25, -0.2) is 4.98 Å². The van der Waals surface area contributed by atoms with E-state index in [1.807, 2.05) is 6.07 Å². The molecule has 18 heavy (non-hydrogen) atoms. The van der Waals surface area contributed by atoms with Crippen molar-refractivity contribution in [2.75, 3.05) is 12.4 Å². The van der Waals surface area contributed by atoms with Crippen LogP contribution in [0.15, 0.2) is 12.3 Å². The van der Waals surface area contributed by atoms with Gasteiger partial charge in [-0.15, -0.1) is 0 Å². The molecular weight excluding hydrogens is 232 g/mol. The fourth-order valence-corrected chi connectivity index (χ4v) is 1.84. The lowest BCUT2D eigenvalue weighted by Gasteiger charge is -2.13. The third kappa shape index (κ3) is 1.91. The predicted octanol–water partition coefficient (Wildman–Crippen LogP) is 0.431. The summed E-state index contributed by atoms with van der Waals surface area (Å²) in [6.07, 6.45) is 1.65. The zero-order valence-electron chi connectivity index (χ0n) is 10.1. The van der Waals surface area contributed by atoms with E-state index in [0.29, 0.717) is 11.4 Å². The van der Waals surface area contributed by atoms with E-state index in [2.05, 4.69) is 10.3 Å². The number of aryl methyl sites for hydroxylation is 1. The molecule has 1 saturated heterocycles. The molecule has 0 spiro atoms. The number of anilines is 1. The van der Waals surface area contributed by atoms with Gasteiger partial charge in [0, 0.05) is 13.2 Å². The van der Waals surface area contributed by atoms with E-state index in [0.717, 1.165) is 10.5 Å². The van der Waals surface area contributed by atoms with Gasteiger partial charge in [-0.3, -0.25) is 14.5 Å². The summed E-state index contributed by atoms with van der Waals surface area (Å²) in [7, 11) is 1.45. The van der Waals surface area contributed by atoms with E-state index in [1.165, 1.54) is 7.05 Å². The molecule has 0 radical (unpaired) electrons. The van der Waals surface area contributed by atoms with Gasteiger partial charge in [0.1, 0.15) is 17.9 Å². The molecule has 1 aromatic rings. The molecule has 0 aliphatic carbocycles. The SMILES string of the molecule is Cc1ccnc(NC2CC(=O)N(C)C2=O)c1C#N. The quantitative estimate of drug-likeness (QED) is 0.762. The Morgan fingerprint density at radius 3 is 2.83 bits per heavy atom. The number of nitriles is 1. The molecule has 6 heteroatoms. The van der Waals surface area contributed by atoms with Gasteiger partial charge in [0.05, 0.1) is 12.0 Å². The number of hydrogen-bond donors (Lipinski definition) is 1. The van der Waals surface area contributed by atoms with Crippen molar-refractivity contribution in [3.05, 3.63) is 23.4 Å². The van der Waals surface area contributed by atoms with Crippen LogP contribution in [0, 0.1) is 18.3 Å². The molecule has 1 unspecified atom stereocenters. The maximum atomic E-state index is 11.7. The van der Waals surface area contributed by atoms with E-state index in [9.17, 15) is 9.59 Å². The Hall–Kier alpha value is -2.42. The first-order valence-electron chi connectivity index (χ1n) is 5.47. The number of imide groups is 1. The fourth-order valence-electron chi connectivity index (χ4n) is 1.84. The predicted molar refractivity (Wildman–Crippen MR) is 63.5 cm³/mol. The monoisotopic (exact) mass is 244 g/mol. The second-order valence-electron chi connectivity index (χ2n) is 4.16. The Morgan fingerprint density at radius 1 is 1.56 bits per heavy atom. The van der Waals surface area contributed by atoms with Gasteiger partial charge in [-0.2, -0.15) is 5.26 Å². The van der Waals surface area contributed by atoms with Crippen molar-refractivity contribution in [2.24, 2.45) is 0 Å². The first-order chi connectivity index (χ1) is 8.54. The maximum Gasteiger partial charge on any atom is 0.251 e. The van der Waals surface area contributed by atoms with Crippen LogP contribution in [-0.2, 0) is 9.59 Å². The minimum atomic E-state index is -0.635. The average Bonchev–Trinajstić information content (AvgIpc) is 2.57. The molecule has 6 nitrogen and oxygen atoms in total. The van der Waals surface area contributed by atoms with Crippen LogP contribution in [0.5, 0.6) is 0 Å². The lowest BCUT2D eigenvalue weighted by Crippen LogP contribution is -2.32. The Bertz CT molecular complexity index is 562. The zero-order valence-corrected chi connectivity index (χ0v) is 10.1. The van der Waals surface area contributed by atoms with E-state index >= 15 is 0 Å². The molecule has 1 N–H and O–H groups in total. The molecule has 1 aromatic heterocycles. The molecule has 2 amide bonds. The third-order valence-corrected chi connectivity index (χ3v) is 2.96. The van der Waals surface area contributed by atoms with Crippen LogP contribution in [0.3, 0.4) is 0 Å².